The second-order valence-electron chi connectivity index (χ2n) is 6.13. The number of amides is 1. The number of benzene rings is 2. The Bertz CT molecular complexity index is 1010. The van der Waals surface area contributed by atoms with Crippen LogP contribution < -0.4 is 10.1 Å². The molecule has 29 heavy (non-hydrogen) atoms. The lowest BCUT2D eigenvalue weighted by Crippen LogP contribution is -2.20. The normalized spacial score (nSPS) is 10.2. The van der Waals surface area contributed by atoms with E-state index in [0.29, 0.717) is 22.8 Å². The molecule has 0 aliphatic heterocycles. The quantitative estimate of drug-likeness (QED) is 0.461. The molecule has 0 atom stereocenters. The number of nitrogens with one attached hydrogen (secondary N) is 1. The fourth-order valence-electron chi connectivity index (χ4n) is 2.45. The Balaban J connectivity index is 1.48. The van der Waals surface area contributed by atoms with Gasteiger partial charge in [-0.1, -0.05) is 30.3 Å². The zero-order valence-corrected chi connectivity index (χ0v) is 15.7. The Morgan fingerprint density at radius 2 is 1.76 bits per heavy atom. The van der Waals surface area contributed by atoms with Crippen molar-refractivity contribution in [2.24, 2.45) is 0 Å². The van der Waals surface area contributed by atoms with Crippen molar-refractivity contribution in [3.8, 4) is 5.75 Å². The summed E-state index contributed by atoms with van der Waals surface area (Å²) in [6.07, 6.45) is 0. The van der Waals surface area contributed by atoms with Crippen LogP contribution in [0, 0.1) is 0 Å². The Hall–Kier alpha value is -3.87. The third-order valence-corrected chi connectivity index (χ3v) is 3.87. The van der Waals surface area contributed by atoms with Crippen LogP contribution >= 0.6 is 0 Å². The molecule has 0 spiro atoms. The molecule has 1 N–H and O–H groups in total. The average molecular weight is 393 g/mol. The monoisotopic (exact) mass is 393 g/mol. The predicted octanol–water partition coefficient (Wildman–Crippen LogP) is 3.86. The molecule has 1 amide bonds. The topological polar surface area (TPSA) is 94.8 Å². The Morgan fingerprint density at radius 3 is 2.52 bits per heavy atom. The van der Waals surface area contributed by atoms with Crippen molar-refractivity contribution in [2.75, 3.05) is 11.9 Å². The largest absolute Gasteiger partial charge is 0.486 e. The van der Waals surface area contributed by atoms with E-state index in [1.54, 1.807) is 30.3 Å². The van der Waals surface area contributed by atoms with Crippen LogP contribution in [0.25, 0.3) is 0 Å². The van der Waals surface area contributed by atoms with Gasteiger partial charge in [0.05, 0.1) is 0 Å². The molecule has 0 fully saturated rings. The summed E-state index contributed by atoms with van der Waals surface area (Å²) in [7, 11) is 0. The molecule has 1 aromatic heterocycles. The van der Waals surface area contributed by atoms with Crippen LogP contribution in [-0.4, -0.2) is 24.3 Å². The van der Waals surface area contributed by atoms with Gasteiger partial charge in [-0.05, 0) is 43.3 Å². The summed E-state index contributed by atoms with van der Waals surface area (Å²) in [4.78, 5) is 35.4. The van der Waals surface area contributed by atoms with Crippen LogP contribution in [0.2, 0.25) is 0 Å². The maximum atomic E-state index is 12.1. The molecule has 0 bridgehead atoms. The lowest BCUT2D eigenvalue weighted by atomic mass is 10.1. The van der Waals surface area contributed by atoms with Gasteiger partial charge in [-0.2, -0.15) is 0 Å². The van der Waals surface area contributed by atoms with E-state index in [2.05, 4.69) is 5.32 Å². The van der Waals surface area contributed by atoms with E-state index in [4.69, 9.17) is 13.9 Å². The number of hydrogen-bond donors (Lipinski definition) is 1. The van der Waals surface area contributed by atoms with Gasteiger partial charge < -0.3 is 19.2 Å². The first-order chi connectivity index (χ1) is 14.0. The Labute approximate surface area is 167 Å². The molecule has 7 nitrogen and oxygen atoms in total. The van der Waals surface area contributed by atoms with Crippen molar-refractivity contribution < 1.29 is 28.3 Å². The summed E-state index contributed by atoms with van der Waals surface area (Å²) in [5.74, 6) is -0.299. The number of carbonyl (C=O) groups is 3. The summed E-state index contributed by atoms with van der Waals surface area (Å²) < 4.78 is 15.9. The van der Waals surface area contributed by atoms with Gasteiger partial charge in [0.2, 0.25) is 5.76 Å². The van der Waals surface area contributed by atoms with Crippen LogP contribution in [0.15, 0.2) is 71.1 Å². The maximum absolute atomic E-state index is 12.1. The van der Waals surface area contributed by atoms with Gasteiger partial charge in [0.15, 0.2) is 12.4 Å². The van der Waals surface area contributed by atoms with Gasteiger partial charge in [0, 0.05) is 11.3 Å². The molecule has 1 heterocycles. The molecule has 2 aromatic carbocycles. The van der Waals surface area contributed by atoms with Gasteiger partial charge in [-0.15, -0.1) is 0 Å². The van der Waals surface area contributed by atoms with Crippen molar-refractivity contribution in [3.05, 3.63) is 83.8 Å². The van der Waals surface area contributed by atoms with Crippen molar-refractivity contribution in [1.29, 1.82) is 0 Å². The van der Waals surface area contributed by atoms with Crippen LogP contribution in [0.1, 0.15) is 33.6 Å². The molecule has 0 aliphatic rings. The fourth-order valence-corrected chi connectivity index (χ4v) is 2.45. The summed E-state index contributed by atoms with van der Waals surface area (Å²) >= 11 is 0. The number of hydrogen-bond acceptors (Lipinski definition) is 6. The van der Waals surface area contributed by atoms with Gasteiger partial charge in [-0.3, -0.25) is 9.59 Å². The number of furan rings is 1. The highest BCUT2D eigenvalue weighted by Gasteiger charge is 2.15. The molecule has 7 heteroatoms. The second-order valence-corrected chi connectivity index (χ2v) is 6.13. The lowest BCUT2D eigenvalue weighted by Gasteiger charge is -2.07. The first-order valence-corrected chi connectivity index (χ1v) is 8.86. The molecule has 0 saturated heterocycles. The molecule has 0 aliphatic carbocycles. The predicted molar refractivity (Wildman–Crippen MR) is 105 cm³/mol. The minimum atomic E-state index is -0.761. The van der Waals surface area contributed by atoms with Gasteiger partial charge in [0.25, 0.3) is 5.91 Å². The number of Topliss-reactive ketones (excluding diaryl/α,β-unsaturated/α-hetero) is 1. The molecule has 0 unspecified atom stereocenters. The number of para-hydroxylation sites is 1. The zero-order valence-electron chi connectivity index (χ0n) is 15.7. The number of esters is 1. The molecule has 0 radical (unpaired) electrons. The summed E-state index contributed by atoms with van der Waals surface area (Å²) in [5, 5.41) is 2.57. The minimum absolute atomic E-state index is 0.0250. The lowest BCUT2D eigenvalue weighted by molar-refractivity contribution is -0.119. The van der Waals surface area contributed by atoms with E-state index in [9.17, 15) is 14.4 Å². The van der Waals surface area contributed by atoms with Crippen LogP contribution in [0.5, 0.6) is 5.75 Å². The highest BCUT2D eigenvalue weighted by molar-refractivity contribution is 5.98. The van der Waals surface area contributed by atoms with E-state index < -0.39 is 18.5 Å². The SMILES string of the molecule is CC(=O)c1cccc(NC(=O)COC(=O)c2ccc(COc3ccccc3)o2)c1. The van der Waals surface area contributed by atoms with E-state index in [1.807, 2.05) is 30.3 Å². The van der Waals surface area contributed by atoms with Crippen molar-refractivity contribution in [1.82, 2.24) is 0 Å². The third-order valence-electron chi connectivity index (χ3n) is 3.87. The standard InChI is InChI=1S/C22H19NO6/c1-15(24)16-6-5-7-17(12-16)23-21(25)14-28-22(26)20-11-10-19(29-20)13-27-18-8-3-2-4-9-18/h2-12H,13-14H2,1H3,(H,23,25). The van der Waals surface area contributed by atoms with Gasteiger partial charge in [-0.25, -0.2) is 4.79 Å². The van der Waals surface area contributed by atoms with E-state index in [1.165, 1.54) is 13.0 Å². The van der Waals surface area contributed by atoms with E-state index >= 15 is 0 Å². The average Bonchev–Trinajstić information content (AvgIpc) is 3.20. The van der Waals surface area contributed by atoms with E-state index in [-0.39, 0.29) is 18.2 Å². The molecule has 0 saturated carbocycles. The maximum Gasteiger partial charge on any atom is 0.374 e. The van der Waals surface area contributed by atoms with Crippen LogP contribution in [-0.2, 0) is 16.1 Å². The smallest absolute Gasteiger partial charge is 0.374 e. The second kappa shape index (κ2) is 9.36. The van der Waals surface area contributed by atoms with Gasteiger partial charge in [0.1, 0.15) is 18.1 Å². The highest BCUT2D eigenvalue weighted by atomic mass is 16.6. The number of anilines is 1. The fraction of sp³-hybridized carbons (Fsp3) is 0.136. The Kier molecular flexibility index (Phi) is 6.42. The highest BCUT2D eigenvalue weighted by Crippen LogP contribution is 2.15. The van der Waals surface area contributed by atoms with Gasteiger partial charge >= 0.3 is 5.97 Å². The van der Waals surface area contributed by atoms with Crippen LogP contribution in [0.3, 0.4) is 0 Å². The Morgan fingerprint density at radius 1 is 0.966 bits per heavy atom. The third kappa shape index (κ3) is 5.80. The molecular weight excluding hydrogens is 374 g/mol. The number of ether oxygens (including phenoxy) is 2. The molecular formula is C22H19NO6. The minimum Gasteiger partial charge on any atom is -0.486 e. The first-order valence-electron chi connectivity index (χ1n) is 8.86. The number of rotatable bonds is 8. The van der Waals surface area contributed by atoms with Crippen molar-refractivity contribution in [3.63, 3.8) is 0 Å². The molecule has 148 valence electrons. The molecule has 3 rings (SSSR count). The first kappa shape index (κ1) is 19.9. The van der Waals surface area contributed by atoms with Crippen LogP contribution in [0.4, 0.5) is 5.69 Å². The summed E-state index contributed by atoms with van der Waals surface area (Å²) in [6, 6.07) is 18.7. The molecule has 3 aromatic rings. The van der Waals surface area contributed by atoms with E-state index in [0.717, 1.165) is 0 Å². The van der Waals surface area contributed by atoms with Crippen molar-refractivity contribution >= 4 is 23.3 Å². The summed E-state index contributed by atoms with van der Waals surface area (Å²) in [5.41, 5.74) is 0.915. The summed E-state index contributed by atoms with van der Waals surface area (Å²) in [6.45, 7) is 1.11. The van der Waals surface area contributed by atoms with Crippen molar-refractivity contribution in [2.45, 2.75) is 13.5 Å². The number of carbonyl (C=O) groups excluding carboxylic acids is 3. The number of ketones is 1. The zero-order chi connectivity index (χ0) is 20.6.